The molecule has 0 radical (unpaired) electrons. The molecule has 2 rings (SSSR count). The summed E-state index contributed by atoms with van der Waals surface area (Å²) in [4.78, 5) is 15.3. The third-order valence-electron chi connectivity index (χ3n) is 2.80. The molecule has 0 saturated heterocycles. The van der Waals surface area contributed by atoms with Crippen molar-refractivity contribution in [3.05, 3.63) is 35.9 Å². The lowest BCUT2D eigenvalue weighted by atomic mass is 10.2. The number of imidazole rings is 1. The minimum Gasteiger partial charge on any atom is -0.497 e. The molecule has 6 heteroatoms. The second-order valence-corrected chi connectivity index (χ2v) is 3.89. The van der Waals surface area contributed by atoms with E-state index in [1.807, 2.05) is 0 Å². The van der Waals surface area contributed by atoms with Crippen molar-refractivity contribution in [2.45, 2.75) is 6.92 Å². The van der Waals surface area contributed by atoms with Crippen molar-refractivity contribution in [1.29, 1.82) is 0 Å². The summed E-state index contributed by atoms with van der Waals surface area (Å²) >= 11 is 0. The Morgan fingerprint density at radius 2 is 2.05 bits per heavy atom. The molecule has 0 amide bonds. The lowest BCUT2D eigenvalue weighted by Crippen LogP contribution is -2.08. The molecule has 19 heavy (non-hydrogen) atoms. The standard InChI is InChI=1S/C13H14N2O4/c1-8-12(13(16)17)15(7-14-8)10-5-4-9(18-2)6-11(10)19-3/h4-7H,1-3H3,(H,16,17). The van der Waals surface area contributed by atoms with Gasteiger partial charge in [-0.1, -0.05) is 0 Å². The van der Waals surface area contributed by atoms with Crippen molar-refractivity contribution in [2.24, 2.45) is 0 Å². The number of carbonyl (C=O) groups is 1. The SMILES string of the molecule is COc1ccc(-n2cnc(C)c2C(=O)O)c(OC)c1. The Hall–Kier alpha value is -2.50. The minimum atomic E-state index is -1.03. The quantitative estimate of drug-likeness (QED) is 0.910. The number of methoxy groups -OCH3 is 2. The molecule has 100 valence electrons. The lowest BCUT2D eigenvalue weighted by molar-refractivity contribution is 0.0687. The molecule has 0 bridgehead atoms. The first-order valence-corrected chi connectivity index (χ1v) is 5.58. The highest BCUT2D eigenvalue weighted by Gasteiger charge is 2.18. The summed E-state index contributed by atoms with van der Waals surface area (Å²) in [6.45, 7) is 1.65. The molecule has 0 aliphatic carbocycles. The molecule has 0 aliphatic heterocycles. The zero-order chi connectivity index (χ0) is 14.0. The summed E-state index contributed by atoms with van der Waals surface area (Å²) in [5.41, 5.74) is 1.16. The van der Waals surface area contributed by atoms with E-state index in [1.165, 1.54) is 18.0 Å². The van der Waals surface area contributed by atoms with E-state index in [4.69, 9.17) is 9.47 Å². The number of carboxylic acids is 1. The van der Waals surface area contributed by atoms with Gasteiger partial charge in [-0.3, -0.25) is 4.57 Å². The van der Waals surface area contributed by atoms with Gasteiger partial charge in [0.15, 0.2) is 5.69 Å². The molecule has 1 N–H and O–H groups in total. The largest absolute Gasteiger partial charge is 0.497 e. The van der Waals surface area contributed by atoms with Crippen LogP contribution in [0, 0.1) is 6.92 Å². The maximum Gasteiger partial charge on any atom is 0.354 e. The number of nitrogens with zero attached hydrogens (tertiary/aromatic N) is 2. The van der Waals surface area contributed by atoms with Crippen LogP contribution in [0.15, 0.2) is 24.5 Å². The maximum absolute atomic E-state index is 11.3. The van der Waals surface area contributed by atoms with Crippen molar-refractivity contribution in [2.75, 3.05) is 14.2 Å². The van der Waals surface area contributed by atoms with E-state index in [9.17, 15) is 9.90 Å². The molecule has 6 nitrogen and oxygen atoms in total. The van der Waals surface area contributed by atoms with Crippen LogP contribution in [0.2, 0.25) is 0 Å². The first-order valence-electron chi connectivity index (χ1n) is 5.58. The van der Waals surface area contributed by atoms with Crippen molar-refractivity contribution in [1.82, 2.24) is 9.55 Å². The average molecular weight is 262 g/mol. The predicted molar refractivity (Wildman–Crippen MR) is 68.4 cm³/mol. The first-order chi connectivity index (χ1) is 9.08. The number of benzene rings is 1. The monoisotopic (exact) mass is 262 g/mol. The zero-order valence-corrected chi connectivity index (χ0v) is 10.9. The Labute approximate surface area is 110 Å². The molecule has 0 unspecified atom stereocenters. The molecule has 1 aromatic carbocycles. The van der Waals surface area contributed by atoms with Crippen molar-refractivity contribution in [3.8, 4) is 17.2 Å². The fraction of sp³-hybridized carbons (Fsp3) is 0.231. The predicted octanol–water partition coefficient (Wildman–Crippen LogP) is 1.90. The molecule has 2 aromatic rings. The van der Waals surface area contributed by atoms with E-state index in [-0.39, 0.29) is 5.69 Å². The molecular weight excluding hydrogens is 248 g/mol. The van der Waals surface area contributed by atoms with Crippen LogP contribution in [0.5, 0.6) is 11.5 Å². The third-order valence-corrected chi connectivity index (χ3v) is 2.80. The fourth-order valence-electron chi connectivity index (χ4n) is 1.86. The maximum atomic E-state index is 11.3. The van der Waals surface area contributed by atoms with Crippen LogP contribution in [0.25, 0.3) is 5.69 Å². The van der Waals surface area contributed by atoms with Gasteiger partial charge in [-0.05, 0) is 19.1 Å². The number of ether oxygens (including phenoxy) is 2. The van der Waals surface area contributed by atoms with E-state index in [0.717, 1.165) is 0 Å². The number of aryl methyl sites for hydroxylation is 1. The van der Waals surface area contributed by atoms with Crippen molar-refractivity contribution in [3.63, 3.8) is 0 Å². The molecule has 0 saturated carbocycles. The van der Waals surface area contributed by atoms with Crippen molar-refractivity contribution >= 4 is 5.97 Å². The Bertz CT molecular complexity index is 619. The number of aromatic nitrogens is 2. The van der Waals surface area contributed by atoms with Gasteiger partial charge in [-0.15, -0.1) is 0 Å². The molecule has 1 aromatic heterocycles. The van der Waals surface area contributed by atoms with Crippen LogP contribution in [-0.4, -0.2) is 34.8 Å². The second-order valence-electron chi connectivity index (χ2n) is 3.89. The van der Waals surface area contributed by atoms with Gasteiger partial charge in [-0.2, -0.15) is 0 Å². The molecule has 0 aliphatic rings. The van der Waals surface area contributed by atoms with Crippen LogP contribution in [0.1, 0.15) is 16.2 Å². The van der Waals surface area contributed by atoms with Crippen LogP contribution < -0.4 is 9.47 Å². The summed E-state index contributed by atoms with van der Waals surface area (Å²) in [7, 11) is 3.07. The van der Waals surface area contributed by atoms with Crippen LogP contribution in [0.4, 0.5) is 0 Å². The summed E-state index contributed by atoms with van der Waals surface area (Å²) < 4.78 is 11.9. The third kappa shape index (κ3) is 2.24. The molecule has 1 heterocycles. The van der Waals surface area contributed by atoms with Gasteiger partial charge >= 0.3 is 5.97 Å². The van der Waals surface area contributed by atoms with E-state index in [0.29, 0.717) is 22.9 Å². The van der Waals surface area contributed by atoms with Gasteiger partial charge in [-0.25, -0.2) is 9.78 Å². The van der Waals surface area contributed by atoms with Gasteiger partial charge in [0, 0.05) is 6.07 Å². The van der Waals surface area contributed by atoms with Crippen LogP contribution >= 0.6 is 0 Å². The Morgan fingerprint density at radius 3 is 2.63 bits per heavy atom. The Balaban J connectivity index is 2.62. The highest BCUT2D eigenvalue weighted by atomic mass is 16.5. The van der Waals surface area contributed by atoms with Gasteiger partial charge < -0.3 is 14.6 Å². The van der Waals surface area contributed by atoms with Crippen LogP contribution in [-0.2, 0) is 0 Å². The normalized spacial score (nSPS) is 10.3. The number of aromatic carboxylic acids is 1. The van der Waals surface area contributed by atoms with Gasteiger partial charge in [0.2, 0.25) is 0 Å². The molecular formula is C13H14N2O4. The van der Waals surface area contributed by atoms with Gasteiger partial charge in [0.25, 0.3) is 0 Å². The highest BCUT2D eigenvalue weighted by Crippen LogP contribution is 2.29. The topological polar surface area (TPSA) is 73.6 Å². The summed E-state index contributed by atoms with van der Waals surface area (Å²) in [5.74, 6) is 0.112. The molecule has 0 atom stereocenters. The highest BCUT2D eigenvalue weighted by molar-refractivity contribution is 5.88. The number of hydrogen-bond acceptors (Lipinski definition) is 4. The Morgan fingerprint density at radius 1 is 1.32 bits per heavy atom. The molecule has 0 spiro atoms. The van der Waals surface area contributed by atoms with E-state index < -0.39 is 5.97 Å². The smallest absolute Gasteiger partial charge is 0.354 e. The summed E-state index contributed by atoms with van der Waals surface area (Å²) in [6, 6.07) is 5.15. The Kier molecular flexibility index (Phi) is 3.41. The molecule has 0 fully saturated rings. The fourth-order valence-corrected chi connectivity index (χ4v) is 1.86. The average Bonchev–Trinajstić information content (AvgIpc) is 2.79. The number of hydrogen-bond donors (Lipinski definition) is 1. The van der Waals surface area contributed by atoms with Crippen LogP contribution in [0.3, 0.4) is 0 Å². The zero-order valence-electron chi connectivity index (χ0n) is 10.9. The van der Waals surface area contributed by atoms with E-state index >= 15 is 0 Å². The lowest BCUT2D eigenvalue weighted by Gasteiger charge is -2.12. The first kappa shape index (κ1) is 12.9. The van der Waals surface area contributed by atoms with E-state index in [2.05, 4.69) is 4.98 Å². The summed E-state index contributed by atoms with van der Waals surface area (Å²) in [5, 5.41) is 9.23. The van der Waals surface area contributed by atoms with Gasteiger partial charge in [0.05, 0.1) is 25.6 Å². The van der Waals surface area contributed by atoms with Gasteiger partial charge in [0.1, 0.15) is 17.8 Å². The minimum absolute atomic E-state index is 0.114. The second kappa shape index (κ2) is 5.01. The van der Waals surface area contributed by atoms with Crippen molar-refractivity contribution < 1.29 is 19.4 Å². The number of carboxylic acid groups (broad SMARTS) is 1. The van der Waals surface area contributed by atoms with E-state index in [1.54, 1.807) is 32.2 Å². The summed E-state index contributed by atoms with van der Waals surface area (Å²) in [6.07, 6.45) is 1.46. The number of rotatable bonds is 4.